The normalized spacial score (nSPS) is 14.5. The molecular weight excluding hydrogens is 475 g/mol. The highest BCUT2D eigenvalue weighted by Gasteiger charge is 2.24. The van der Waals surface area contributed by atoms with Crippen molar-refractivity contribution in [1.29, 1.82) is 0 Å². The van der Waals surface area contributed by atoms with E-state index >= 15 is 0 Å². The molecule has 7 heteroatoms. The van der Waals surface area contributed by atoms with Gasteiger partial charge in [0.05, 0.1) is 6.61 Å². The van der Waals surface area contributed by atoms with E-state index in [0.29, 0.717) is 6.61 Å². The summed E-state index contributed by atoms with van der Waals surface area (Å²) in [5.74, 6) is 0.533. The van der Waals surface area contributed by atoms with E-state index in [-0.39, 0.29) is 12.5 Å². The van der Waals surface area contributed by atoms with Crippen molar-refractivity contribution in [2.45, 2.75) is 45.8 Å². The third kappa shape index (κ3) is 3.50. The molecular formula is C16H18BrIN2O3. The van der Waals surface area contributed by atoms with Gasteiger partial charge in [-0.15, -0.1) is 0 Å². The SMILES string of the molecule is CC(C)(C)OC(=O)Cn1nc(I)c2cc(Br)c3c(c21)OCCC3. The first-order chi connectivity index (χ1) is 10.8. The highest BCUT2D eigenvalue weighted by atomic mass is 127. The van der Waals surface area contributed by atoms with E-state index < -0.39 is 5.60 Å². The quantitative estimate of drug-likeness (QED) is 0.468. The Labute approximate surface area is 157 Å². The predicted octanol–water partition coefficient (Wildman–Crippen LogP) is 4.07. The molecule has 23 heavy (non-hydrogen) atoms. The summed E-state index contributed by atoms with van der Waals surface area (Å²) in [6.45, 7) is 6.34. The molecule has 0 saturated heterocycles. The summed E-state index contributed by atoms with van der Waals surface area (Å²) in [5, 5.41) is 5.50. The fourth-order valence-electron chi connectivity index (χ4n) is 2.70. The highest BCUT2D eigenvalue weighted by molar-refractivity contribution is 14.1. The minimum Gasteiger partial charge on any atom is -0.491 e. The van der Waals surface area contributed by atoms with E-state index in [1.165, 1.54) is 0 Å². The number of benzene rings is 1. The summed E-state index contributed by atoms with van der Waals surface area (Å²) in [6.07, 6.45) is 1.95. The number of nitrogens with zero attached hydrogens (tertiary/aromatic N) is 2. The Morgan fingerprint density at radius 3 is 2.96 bits per heavy atom. The Kier molecular flexibility index (Phi) is 4.61. The van der Waals surface area contributed by atoms with Gasteiger partial charge in [0.2, 0.25) is 0 Å². The average molecular weight is 493 g/mol. The first kappa shape index (κ1) is 17.0. The molecule has 5 nitrogen and oxygen atoms in total. The molecule has 0 amide bonds. The Morgan fingerprint density at radius 2 is 2.26 bits per heavy atom. The third-order valence-corrected chi connectivity index (χ3v) is 5.01. The van der Waals surface area contributed by atoms with Crippen LogP contribution in [0.4, 0.5) is 0 Å². The number of carbonyl (C=O) groups is 1. The molecule has 1 aliphatic rings. The minimum absolute atomic E-state index is 0.0776. The highest BCUT2D eigenvalue weighted by Crippen LogP contribution is 2.40. The number of aromatic nitrogens is 2. The second-order valence-corrected chi connectivity index (χ2v) is 8.43. The molecule has 2 heterocycles. The number of hydrogen-bond donors (Lipinski definition) is 0. The Hall–Kier alpha value is -0.830. The number of rotatable bonds is 2. The predicted molar refractivity (Wildman–Crippen MR) is 99.8 cm³/mol. The van der Waals surface area contributed by atoms with E-state index in [2.05, 4.69) is 49.7 Å². The summed E-state index contributed by atoms with van der Waals surface area (Å²) >= 11 is 5.81. The van der Waals surface area contributed by atoms with Gasteiger partial charge in [-0.1, -0.05) is 15.9 Å². The Morgan fingerprint density at radius 1 is 1.52 bits per heavy atom. The molecule has 0 aliphatic carbocycles. The van der Waals surface area contributed by atoms with Crippen LogP contribution in [0.3, 0.4) is 0 Å². The smallest absolute Gasteiger partial charge is 0.328 e. The summed E-state index contributed by atoms with van der Waals surface area (Å²) in [7, 11) is 0. The van der Waals surface area contributed by atoms with Gasteiger partial charge in [-0.3, -0.25) is 4.79 Å². The van der Waals surface area contributed by atoms with Gasteiger partial charge in [0, 0.05) is 15.4 Å². The van der Waals surface area contributed by atoms with Crippen LogP contribution in [0.1, 0.15) is 32.8 Å². The van der Waals surface area contributed by atoms with E-state index in [1.54, 1.807) is 4.68 Å². The van der Waals surface area contributed by atoms with Crippen molar-refractivity contribution in [1.82, 2.24) is 9.78 Å². The average Bonchev–Trinajstić information content (AvgIpc) is 2.73. The van der Waals surface area contributed by atoms with Gasteiger partial charge in [0.15, 0.2) is 0 Å². The zero-order valence-corrected chi connectivity index (χ0v) is 17.0. The van der Waals surface area contributed by atoms with Crippen molar-refractivity contribution >= 4 is 55.4 Å². The number of ether oxygens (including phenoxy) is 2. The molecule has 0 fully saturated rings. The number of fused-ring (bicyclic) bond motifs is 3. The molecule has 0 N–H and O–H groups in total. The molecule has 1 aromatic heterocycles. The zero-order valence-electron chi connectivity index (χ0n) is 13.3. The Bertz CT molecular complexity index is 780. The largest absolute Gasteiger partial charge is 0.491 e. The monoisotopic (exact) mass is 492 g/mol. The van der Waals surface area contributed by atoms with Crippen molar-refractivity contribution in [2.24, 2.45) is 0 Å². The molecule has 124 valence electrons. The van der Waals surface area contributed by atoms with E-state index in [9.17, 15) is 4.79 Å². The Balaban J connectivity index is 2.06. The molecule has 0 bridgehead atoms. The van der Waals surface area contributed by atoms with Gasteiger partial charge in [-0.05, 0) is 62.3 Å². The first-order valence-corrected chi connectivity index (χ1v) is 9.35. The maximum Gasteiger partial charge on any atom is 0.328 e. The lowest BCUT2D eigenvalue weighted by molar-refractivity contribution is -0.155. The zero-order chi connectivity index (χ0) is 16.8. The van der Waals surface area contributed by atoms with Crippen molar-refractivity contribution in [3.63, 3.8) is 0 Å². The molecule has 0 radical (unpaired) electrons. The topological polar surface area (TPSA) is 53.4 Å². The van der Waals surface area contributed by atoms with E-state index in [4.69, 9.17) is 9.47 Å². The summed E-state index contributed by atoms with van der Waals surface area (Å²) in [5.41, 5.74) is 1.51. The van der Waals surface area contributed by atoms with Crippen LogP contribution in [-0.2, 0) is 22.5 Å². The lowest BCUT2D eigenvalue weighted by Gasteiger charge is -2.21. The van der Waals surface area contributed by atoms with Crippen LogP contribution in [0.5, 0.6) is 5.75 Å². The molecule has 2 aromatic rings. The second kappa shape index (κ2) is 6.23. The van der Waals surface area contributed by atoms with Crippen LogP contribution in [0, 0.1) is 3.70 Å². The fourth-order valence-corrected chi connectivity index (χ4v) is 3.98. The summed E-state index contributed by atoms with van der Waals surface area (Å²) in [4.78, 5) is 12.2. The molecule has 0 saturated carbocycles. The molecule has 0 spiro atoms. The maximum atomic E-state index is 12.2. The second-order valence-electron chi connectivity index (χ2n) is 6.55. The maximum absolute atomic E-state index is 12.2. The van der Waals surface area contributed by atoms with Crippen molar-refractivity contribution in [2.75, 3.05) is 6.61 Å². The van der Waals surface area contributed by atoms with Gasteiger partial charge in [-0.2, -0.15) is 5.10 Å². The number of carbonyl (C=O) groups excluding carboxylic acids is 1. The number of halogens is 2. The molecule has 0 unspecified atom stereocenters. The van der Waals surface area contributed by atoms with Crippen molar-refractivity contribution in [3.8, 4) is 5.75 Å². The van der Waals surface area contributed by atoms with Crippen molar-refractivity contribution < 1.29 is 14.3 Å². The van der Waals surface area contributed by atoms with Gasteiger partial charge in [-0.25, -0.2) is 4.68 Å². The molecule has 1 aliphatic heterocycles. The summed E-state index contributed by atoms with van der Waals surface area (Å²) in [6, 6.07) is 2.06. The molecule has 1 aromatic carbocycles. The van der Waals surface area contributed by atoms with Gasteiger partial charge in [0.1, 0.15) is 27.1 Å². The molecule has 0 atom stereocenters. The number of hydrogen-bond acceptors (Lipinski definition) is 4. The van der Waals surface area contributed by atoms with Crippen LogP contribution in [-0.4, -0.2) is 28.0 Å². The lowest BCUT2D eigenvalue weighted by Crippen LogP contribution is -2.27. The van der Waals surface area contributed by atoms with Gasteiger partial charge < -0.3 is 9.47 Å². The van der Waals surface area contributed by atoms with Crippen LogP contribution in [0.2, 0.25) is 0 Å². The first-order valence-electron chi connectivity index (χ1n) is 7.48. The van der Waals surface area contributed by atoms with Crippen LogP contribution >= 0.6 is 38.5 Å². The third-order valence-electron chi connectivity index (χ3n) is 3.51. The van der Waals surface area contributed by atoms with Crippen LogP contribution in [0.15, 0.2) is 10.5 Å². The standard InChI is InChI=1S/C16H18BrIN2O3/c1-16(2,3)23-12(21)8-20-13-10(15(18)19-20)7-11(17)9-5-4-6-22-14(9)13/h7H,4-6,8H2,1-3H3. The lowest BCUT2D eigenvalue weighted by atomic mass is 10.0. The van der Waals surface area contributed by atoms with E-state index in [1.807, 2.05) is 20.8 Å². The number of esters is 1. The van der Waals surface area contributed by atoms with Crippen LogP contribution in [0.25, 0.3) is 10.9 Å². The summed E-state index contributed by atoms with van der Waals surface area (Å²) < 4.78 is 14.9. The van der Waals surface area contributed by atoms with E-state index in [0.717, 1.165) is 43.2 Å². The van der Waals surface area contributed by atoms with Gasteiger partial charge in [0.25, 0.3) is 0 Å². The van der Waals surface area contributed by atoms with Crippen LogP contribution < -0.4 is 4.74 Å². The fraction of sp³-hybridized carbons (Fsp3) is 0.500. The van der Waals surface area contributed by atoms with Crippen molar-refractivity contribution in [3.05, 3.63) is 19.8 Å². The molecule has 3 rings (SSSR count). The van der Waals surface area contributed by atoms with Gasteiger partial charge >= 0.3 is 5.97 Å². The minimum atomic E-state index is -0.508.